The Kier molecular flexibility index (Phi) is 5.33. The second kappa shape index (κ2) is 8.08. The van der Waals surface area contributed by atoms with Crippen LogP contribution < -0.4 is 5.56 Å². The van der Waals surface area contributed by atoms with Crippen LogP contribution in [-0.2, 0) is 6.54 Å². The zero-order chi connectivity index (χ0) is 21.3. The molecule has 0 radical (unpaired) electrons. The lowest BCUT2D eigenvalue weighted by atomic mass is 10.1. The summed E-state index contributed by atoms with van der Waals surface area (Å²) in [6.07, 6.45) is 1.64. The minimum atomic E-state index is -0.716. The van der Waals surface area contributed by atoms with E-state index in [1.807, 2.05) is 6.92 Å². The number of carbonyl (C=O) groups is 1. The van der Waals surface area contributed by atoms with Gasteiger partial charge in [0.05, 0.1) is 10.9 Å². The van der Waals surface area contributed by atoms with Crippen LogP contribution in [0.4, 0.5) is 5.69 Å². The Hall–Kier alpha value is -3.52. The van der Waals surface area contributed by atoms with Gasteiger partial charge in [-0.3, -0.25) is 9.59 Å². The minimum absolute atomic E-state index is 0.0300. The van der Waals surface area contributed by atoms with Gasteiger partial charge in [0.1, 0.15) is 0 Å². The highest BCUT2D eigenvalue weighted by Crippen LogP contribution is 2.36. The van der Waals surface area contributed by atoms with Crippen molar-refractivity contribution in [2.75, 3.05) is 0 Å². The average molecular weight is 424 g/mol. The van der Waals surface area contributed by atoms with Gasteiger partial charge in [-0.15, -0.1) is 10.2 Å². The molecule has 0 bridgehead atoms. The first-order chi connectivity index (χ1) is 14.5. The number of nitrogens with zero attached hydrogens (tertiary/aromatic N) is 4. The highest BCUT2D eigenvalue weighted by molar-refractivity contribution is 6.31. The summed E-state index contributed by atoms with van der Waals surface area (Å²) in [5.41, 5.74) is 0.485. The summed E-state index contributed by atoms with van der Waals surface area (Å²) in [5, 5.41) is 23.9. The summed E-state index contributed by atoms with van der Waals surface area (Å²) in [6, 6.07) is 11.7. The van der Waals surface area contributed by atoms with Crippen LogP contribution in [0.25, 0.3) is 21.7 Å². The molecule has 4 rings (SSSR count). The number of carbonyl (C=O) groups excluding carboxylic acids is 1. The van der Waals surface area contributed by atoms with E-state index < -0.39 is 5.91 Å². The van der Waals surface area contributed by atoms with Crippen molar-refractivity contribution in [3.05, 3.63) is 63.5 Å². The maximum absolute atomic E-state index is 12.8. The fraction of sp³-hybridized carbons (Fsp3) is 0.190. The molecule has 2 aromatic heterocycles. The van der Waals surface area contributed by atoms with E-state index in [1.165, 1.54) is 4.68 Å². The number of hydrogen-bond donors (Lipinski definition) is 2. The van der Waals surface area contributed by atoms with Crippen molar-refractivity contribution in [3.8, 4) is 5.88 Å². The molecule has 0 aliphatic heterocycles. The predicted octanol–water partition coefficient (Wildman–Crippen LogP) is 4.96. The summed E-state index contributed by atoms with van der Waals surface area (Å²) in [6.45, 7) is 2.41. The third-order valence-corrected chi connectivity index (χ3v) is 4.98. The van der Waals surface area contributed by atoms with E-state index in [4.69, 9.17) is 11.6 Å². The molecule has 9 heteroatoms. The van der Waals surface area contributed by atoms with Crippen molar-refractivity contribution in [1.29, 1.82) is 0 Å². The van der Waals surface area contributed by atoms with Crippen LogP contribution in [0.5, 0.6) is 5.88 Å². The molecule has 0 aliphatic carbocycles. The van der Waals surface area contributed by atoms with Crippen LogP contribution in [0.2, 0.25) is 5.02 Å². The molecule has 0 unspecified atom stereocenters. The maximum Gasteiger partial charge on any atom is 0.316 e. The predicted molar refractivity (Wildman–Crippen MR) is 115 cm³/mol. The van der Waals surface area contributed by atoms with E-state index in [2.05, 4.69) is 20.3 Å². The van der Waals surface area contributed by atoms with Gasteiger partial charge in [-0.25, -0.2) is 4.68 Å². The molecule has 0 saturated heterocycles. The Labute approximate surface area is 175 Å². The van der Waals surface area contributed by atoms with Crippen molar-refractivity contribution in [3.63, 3.8) is 0 Å². The van der Waals surface area contributed by atoms with E-state index >= 15 is 0 Å². The second-order valence-corrected chi connectivity index (χ2v) is 7.23. The fourth-order valence-corrected chi connectivity index (χ4v) is 3.40. The number of H-pyrrole nitrogens is 1. The number of halogens is 1. The number of nitrogens with one attached hydrogen (secondary N) is 1. The first-order valence-corrected chi connectivity index (χ1v) is 9.83. The van der Waals surface area contributed by atoms with Crippen molar-refractivity contribution in [2.45, 2.75) is 26.3 Å². The largest absolute Gasteiger partial charge is 0.493 e. The lowest BCUT2D eigenvalue weighted by molar-refractivity contribution is 0.0989. The van der Waals surface area contributed by atoms with Gasteiger partial charge in [0, 0.05) is 22.3 Å². The molecule has 30 heavy (non-hydrogen) atoms. The van der Waals surface area contributed by atoms with Crippen LogP contribution >= 0.6 is 11.6 Å². The topological polar surface area (TPSA) is 113 Å². The Morgan fingerprint density at radius 3 is 2.73 bits per heavy atom. The molecule has 2 N–H and O–H groups in total. The maximum atomic E-state index is 12.8. The number of fused-ring (bicyclic) bond motifs is 2. The van der Waals surface area contributed by atoms with Gasteiger partial charge in [0.15, 0.2) is 11.4 Å². The molecular weight excluding hydrogens is 406 g/mol. The molecule has 4 aromatic rings. The lowest BCUT2D eigenvalue weighted by Crippen LogP contribution is -2.25. The number of unbranched alkanes of at least 4 members (excludes halogenated alkanes) is 1. The number of rotatable bonds is 5. The Morgan fingerprint density at radius 2 is 1.97 bits per heavy atom. The molecule has 1 amide bonds. The number of amides is 1. The molecule has 8 nitrogen and oxygen atoms in total. The molecule has 0 aliphatic rings. The first-order valence-electron chi connectivity index (χ1n) is 9.45. The summed E-state index contributed by atoms with van der Waals surface area (Å²) in [5.74, 6) is -0.943. The third kappa shape index (κ3) is 3.57. The van der Waals surface area contributed by atoms with Gasteiger partial charge >= 0.3 is 5.91 Å². The highest BCUT2D eigenvalue weighted by atomic mass is 35.5. The monoisotopic (exact) mass is 423 g/mol. The number of aromatic amines is 1. The number of aromatic nitrogens is 3. The SMILES string of the molecule is CCCCn1nc(C(=O)N=Nc2c(O)[nH]c3ccc(Cl)cc23)c2ccccc2c1=O. The molecule has 0 atom stereocenters. The molecule has 0 saturated carbocycles. The number of hydrogen-bond acceptors (Lipinski definition) is 5. The van der Waals surface area contributed by atoms with Crippen molar-refractivity contribution in [2.24, 2.45) is 10.2 Å². The summed E-state index contributed by atoms with van der Waals surface area (Å²) < 4.78 is 1.29. The van der Waals surface area contributed by atoms with Crippen molar-refractivity contribution >= 4 is 44.9 Å². The summed E-state index contributed by atoms with van der Waals surface area (Å²) in [7, 11) is 0. The van der Waals surface area contributed by atoms with Gasteiger partial charge < -0.3 is 10.1 Å². The minimum Gasteiger partial charge on any atom is -0.493 e. The highest BCUT2D eigenvalue weighted by Gasteiger charge is 2.17. The Bertz CT molecular complexity index is 1360. The summed E-state index contributed by atoms with van der Waals surface area (Å²) in [4.78, 5) is 28.3. The number of aryl methyl sites for hydroxylation is 1. The molecule has 0 spiro atoms. The molecule has 152 valence electrons. The van der Waals surface area contributed by atoms with Gasteiger partial charge in [-0.05, 0) is 30.7 Å². The summed E-state index contributed by atoms with van der Waals surface area (Å²) >= 11 is 6.02. The van der Waals surface area contributed by atoms with Gasteiger partial charge in [-0.1, -0.05) is 43.1 Å². The molecule has 0 fully saturated rings. The standard InChI is InChI=1S/C21H18ClN5O3/c1-2-3-10-27-21(30)14-7-5-4-6-13(14)18(26-27)20(29)25-24-17-15-11-12(22)8-9-16(15)23-19(17)28/h4-9,11,23,28H,2-3,10H2,1H3. The molecule has 2 heterocycles. The third-order valence-electron chi connectivity index (χ3n) is 4.75. The zero-order valence-corrected chi connectivity index (χ0v) is 16.8. The van der Waals surface area contributed by atoms with Crippen LogP contribution in [0, 0.1) is 0 Å². The normalized spacial score (nSPS) is 11.7. The number of benzene rings is 2. The van der Waals surface area contributed by atoms with E-state index in [0.29, 0.717) is 33.2 Å². The lowest BCUT2D eigenvalue weighted by Gasteiger charge is -2.08. The number of aromatic hydroxyl groups is 1. The van der Waals surface area contributed by atoms with Gasteiger partial charge in [-0.2, -0.15) is 5.10 Å². The number of azo groups is 1. The van der Waals surface area contributed by atoms with Crippen LogP contribution in [-0.4, -0.2) is 25.8 Å². The molecular formula is C21H18ClN5O3. The smallest absolute Gasteiger partial charge is 0.316 e. The van der Waals surface area contributed by atoms with Crippen molar-refractivity contribution in [1.82, 2.24) is 14.8 Å². The van der Waals surface area contributed by atoms with E-state index in [-0.39, 0.29) is 22.8 Å². The van der Waals surface area contributed by atoms with E-state index in [1.54, 1.807) is 42.5 Å². The Balaban J connectivity index is 1.79. The van der Waals surface area contributed by atoms with Crippen LogP contribution in [0.15, 0.2) is 57.5 Å². The zero-order valence-electron chi connectivity index (χ0n) is 16.1. The second-order valence-electron chi connectivity index (χ2n) is 6.79. The molecule has 2 aromatic carbocycles. The first kappa shape index (κ1) is 19.8. The van der Waals surface area contributed by atoms with Crippen LogP contribution in [0.3, 0.4) is 0 Å². The van der Waals surface area contributed by atoms with Crippen molar-refractivity contribution < 1.29 is 9.90 Å². The fourth-order valence-electron chi connectivity index (χ4n) is 3.23. The Morgan fingerprint density at radius 1 is 1.20 bits per heavy atom. The average Bonchev–Trinajstić information content (AvgIpc) is 3.06. The quantitative estimate of drug-likeness (QED) is 0.441. The van der Waals surface area contributed by atoms with Crippen LogP contribution in [0.1, 0.15) is 30.3 Å². The van der Waals surface area contributed by atoms with E-state index in [9.17, 15) is 14.7 Å². The van der Waals surface area contributed by atoms with Gasteiger partial charge in [0.25, 0.3) is 5.56 Å². The van der Waals surface area contributed by atoms with E-state index in [0.717, 1.165) is 12.8 Å². The van der Waals surface area contributed by atoms with Gasteiger partial charge in [0.2, 0.25) is 5.88 Å².